The van der Waals surface area contributed by atoms with Crippen molar-refractivity contribution in [1.29, 1.82) is 0 Å². The van der Waals surface area contributed by atoms with Crippen LogP contribution in [0.25, 0.3) is 0 Å². The van der Waals surface area contributed by atoms with Gasteiger partial charge in [0.05, 0.1) is 13.2 Å². The average Bonchev–Trinajstić information content (AvgIpc) is 3.02. The fourth-order valence-electron chi connectivity index (χ4n) is 2.86. The summed E-state index contributed by atoms with van der Waals surface area (Å²) in [5.74, 6) is 0.336. The number of piperidine rings is 1. The highest BCUT2D eigenvalue weighted by atomic mass is 16.7. The first-order valence-corrected chi connectivity index (χ1v) is 7.05. The molecule has 19 heavy (non-hydrogen) atoms. The molecule has 0 aliphatic carbocycles. The molecule has 2 fully saturated rings. The summed E-state index contributed by atoms with van der Waals surface area (Å²) in [6.45, 7) is 5.63. The van der Waals surface area contributed by atoms with Crippen molar-refractivity contribution in [2.45, 2.75) is 31.6 Å². The first-order chi connectivity index (χ1) is 9.26. The van der Waals surface area contributed by atoms with E-state index in [-0.39, 0.29) is 5.79 Å². The van der Waals surface area contributed by atoms with Crippen LogP contribution in [0.4, 0.5) is 5.82 Å². The fraction of sp³-hybridized carbons (Fsp3) is 0.769. The van der Waals surface area contributed by atoms with Gasteiger partial charge in [-0.25, -0.2) is 0 Å². The van der Waals surface area contributed by atoms with Crippen molar-refractivity contribution < 1.29 is 9.47 Å². The number of hydrogen-bond acceptors (Lipinski definition) is 5. The number of anilines is 1. The normalized spacial score (nSPS) is 23.2. The molecule has 1 aromatic rings. The van der Waals surface area contributed by atoms with Gasteiger partial charge in [-0.1, -0.05) is 0 Å². The minimum atomic E-state index is -0.257. The lowest BCUT2D eigenvalue weighted by Gasteiger charge is -2.37. The quantitative estimate of drug-likeness (QED) is 0.869. The van der Waals surface area contributed by atoms with Gasteiger partial charge in [0.15, 0.2) is 5.79 Å². The van der Waals surface area contributed by atoms with E-state index in [2.05, 4.69) is 10.00 Å². The van der Waals surface area contributed by atoms with Crippen LogP contribution in [-0.2, 0) is 16.0 Å². The molecule has 0 unspecified atom stereocenters. The Morgan fingerprint density at radius 2 is 1.95 bits per heavy atom. The number of likely N-dealkylation sites (tertiary alicyclic amines) is 1. The molecule has 2 N–H and O–H groups in total. The van der Waals surface area contributed by atoms with Gasteiger partial charge in [0, 0.05) is 38.7 Å². The molecule has 2 saturated heterocycles. The molecule has 6 nitrogen and oxygen atoms in total. The summed E-state index contributed by atoms with van der Waals surface area (Å²) in [6.07, 6.45) is 5.00. The highest BCUT2D eigenvalue weighted by molar-refractivity contribution is 5.23. The molecule has 0 atom stereocenters. The molecule has 2 aliphatic rings. The number of nitrogens with zero attached hydrogens (tertiary/aromatic N) is 3. The predicted octanol–water partition coefficient (Wildman–Crippen LogP) is 0.694. The SMILES string of the molecule is Nc1ccn(CCCN2CCC3(CC2)OCCO3)n1. The summed E-state index contributed by atoms with van der Waals surface area (Å²) in [5.41, 5.74) is 5.59. The lowest BCUT2D eigenvalue weighted by Crippen LogP contribution is -2.45. The van der Waals surface area contributed by atoms with Gasteiger partial charge in [-0.05, 0) is 19.0 Å². The van der Waals surface area contributed by atoms with Gasteiger partial charge >= 0.3 is 0 Å². The van der Waals surface area contributed by atoms with Gasteiger partial charge in [0.25, 0.3) is 0 Å². The van der Waals surface area contributed by atoms with Gasteiger partial charge in [0.2, 0.25) is 0 Å². The number of ether oxygens (including phenoxy) is 2. The van der Waals surface area contributed by atoms with Crippen LogP contribution < -0.4 is 5.73 Å². The summed E-state index contributed by atoms with van der Waals surface area (Å²) >= 11 is 0. The Kier molecular flexibility index (Phi) is 3.72. The lowest BCUT2D eigenvalue weighted by atomic mass is 10.0. The van der Waals surface area contributed by atoms with Crippen LogP contribution in [0, 0.1) is 0 Å². The van der Waals surface area contributed by atoms with Crippen molar-refractivity contribution in [1.82, 2.24) is 14.7 Å². The van der Waals surface area contributed by atoms with E-state index in [9.17, 15) is 0 Å². The molecule has 0 aromatic carbocycles. The van der Waals surface area contributed by atoms with Crippen molar-refractivity contribution >= 4 is 5.82 Å². The minimum absolute atomic E-state index is 0.257. The number of aromatic nitrogens is 2. The molecule has 1 aromatic heterocycles. The molecule has 0 radical (unpaired) electrons. The van der Waals surface area contributed by atoms with Crippen LogP contribution in [0.3, 0.4) is 0 Å². The van der Waals surface area contributed by atoms with Crippen LogP contribution in [-0.4, -0.2) is 53.3 Å². The lowest BCUT2D eigenvalue weighted by molar-refractivity contribution is -0.185. The van der Waals surface area contributed by atoms with E-state index in [1.54, 1.807) is 0 Å². The summed E-state index contributed by atoms with van der Waals surface area (Å²) in [7, 11) is 0. The molecule has 1 spiro atoms. The maximum atomic E-state index is 5.73. The molecule has 3 heterocycles. The van der Waals surface area contributed by atoms with E-state index < -0.39 is 0 Å². The molecule has 0 bridgehead atoms. The van der Waals surface area contributed by atoms with E-state index in [1.165, 1.54) is 0 Å². The van der Waals surface area contributed by atoms with Gasteiger partial charge in [-0.15, -0.1) is 0 Å². The molecule has 0 saturated carbocycles. The second kappa shape index (κ2) is 5.48. The summed E-state index contributed by atoms with van der Waals surface area (Å²) in [5, 5.41) is 4.19. The van der Waals surface area contributed by atoms with E-state index >= 15 is 0 Å². The number of aryl methyl sites for hydroxylation is 1. The Labute approximate surface area is 113 Å². The van der Waals surface area contributed by atoms with E-state index in [1.807, 2.05) is 16.9 Å². The van der Waals surface area contributed by atoms with Gasteiger partial charge < -0.3 is 20.1 Å². The van der Waals surface area contributed by atoms with E-state index in [0.29, 0.717) is 5.82 Å². The van der Waals surface area contributed by atoms with Crippen molar-refractivity contribution in [2.24, 2.45) is 0 Å². The molecule has 6 heteroatoms. The largest absolute Gasteiger partial charge is 0.382 e. The maximum Gasteiger partial charge on any atom is 0.170 e. The highest BCUT2D eigenvalue weighted by Gasteiger charge is 2.39. The summed E-state index contributed by atoms with van der Waals surface area (Å²) in [6, 6.07) is 1.83. The minimum Gasteiger partial charge on any atom is -0.382 e. The predicted molar refractivity (Wildman–Crippen MR) is 71.6 cm³/mol. The smallest absolute Gasteiger partial charge is 0.170 e. The zero-order chi connectivity index (χ0) is 13.1. The zero-order valence-electron chi connectivity index (χ0n) is 11.3. The van der Waals surface area contributed by atoms with E-state index in [0.717, 1.165) is 58.7 Å². The third kappa shape index (κ3) is 3.08. The van der Waals surface area contributed by atoms with Gasteiger partial charge in [0.1, 0.15) is 5.82 Å². The Morgan fingerprint density at radius 1 is 1.21 bits per heavy atom. The zero-order valence-corrected chi connectivity index (χ0v) is 11.3. The number of nitrogens with two attached hydrogens (primary N) is 1. The molecule has 2 aliphatic heterocycles. The highest BCUT2D eigenvalue weighted by Crippen LogP contribution is 2.31. The average molecular weight is 266 g/mol. The van der Waals surface area contributed by atoms with Crippen LogP contribution in [0.15, 0.2) is 12.3 Å². The van der Waals surface area contributed by atoms with Crippen LogP contribution in [0.5, 0.6) is 0 Å². The van der Waals surface area contributed by atoms with Crippen molar-refractivity contribution in [2.75, 3.05) is 38.6 Å². The second-order valence-electron chi connectivity index (χ2n) is 5.31. The van der Waals surface area contributed by atoms with Gasteiger partial charge in [-0.2, -0.15) is 5.10 Å². The molecule has 106 valence electrons. The Balaban J connectivity index is 1.38. The standard InChI is InChI=1S/C13H22N4O2/c14-12-2-7-17(15-12)6-1-5-16-8-3-13(4-9-16)18-10-11-19-13/h2,7H,1,3-6,8-11H2,(H2,14,15). The first-order valence-electron chi connectivity index (χ1n) is 7.05. The third-order valence-corrected chi connectivity index (χ3v) is 3.95. The number of rotatable bonds is 4. The first kappa shape index (κ1) is 12.9. The molecule has 3 rings (SSSR count). The molecule has 0 amide bonds. The fourth-order valence-corrected chi connectivity index (χ4v) is 2.86. The number of nitrogen functional groups attached to an aromatic ring is 1. The Morgan fingerprint density at radius 3 is 2.58 bits per heavy atom. The van der Waals surface area contributed by atoms with Crippen LogP contribution in [0.1, 0.15) is 19.3 Å². The van der Waals surface area contributed by atoms with E-state index in [4.69, 9.17) is 15.2 Å². The monoisotopic (exact) mass is 266 g/mol. The van der Waals surface area contributed by atoms with Crippen LogP contribution in [0.2, 0.25) is 0 Å². The topological polar surface area (TPSA) is 65.5 Å². The van der Waals surface area contributed by atoms with Crippen LogP contribution >= 0.6 is 0 Å². The number of hydrogen-bond donors (Lipinski definition) is 1. The summed E-state index contributed by atoms with van der Waals surface area (Å²) in [4.78, 5) is 2.48. The molecular weight excluding hydrogens is 244 g/mol. The Hall–Kier alpha value is -1.11. The van der Waals surface area contributed by atoms with Crippen molar-refractivity contribution in [3.05, 3.63) is 12.3 Å². The maximum absolute atomic E-state index is 5.73. The second-order valence-corrected chi connectivity index (χ2v) is 5.31. The Bertz CT molecular complexity index is 405. The third-order valence-electron chi connectivity index (χ3n) is 3.95. The summed E-state index contributed by atoms with van der Waals surface area (Å²) < 4.78 is 13.4. The van der Waals surface area contributed by atoms with Crippen molar-refractivity contribution in [3.8, 4) is 0 Å². The molecular formula is C13H22N4O2. The van der Waals surface area contributed by atoms with Crippen molar-refractivity contribution in [3.63, 3.8) is 0 Å². The van der Waals surface area contributed by atoms with Gasteiger partial charge in [-0.3, -0.25) is 4.68 Å².